The van der Waals surface area contributed by atoms with E-state index in [4.69, 9.17) is 14.2 Å². The molecule has 7 nitrogen and oxygen atoms in total. The van der Waals surface area contributed by atoms with Crippen molar-refractivity contribution in [3.63, 3.8) is 0 Å². The lowest BCUT2D eigenvalue weighted by Gasteiger charge is -2.25. The first-order valence-electron chi connectivity index (χ1n) is 11.6. The number of methoxy groups -OCH3 is 1. The summed E-state index contributed by atoms with van der Waals surface area (Å²) in [6, 6.07) is 10.7. The number of halogens is 2. The van der Waals surface area contributed by atoms with Crippen LogP contribution in [0, 0.1) is 7.14 Å². The molecule has 0 unspecified atom stereocenters. The Hall–Kier alpha value is -2.19. The average molecular weight is 744 g/mol. The standard InChI is InChI=1S/C27H26I2N2O5S/c1-6-35-18-9-7-17(8-10-18)23-22(26(33)36-14(2)3)15(4)30-27-31(23)25(32)21(37-27)13-16-11-19(28)24(34-5)20(29)12-16/h7-14,23H,6H2,1-5H3/b21-13+/t23-/m1/s1. The molecule has 10 heteroatoms. The third-order valence-electron chi connectivity index (χ3n) is 5.61. The third-order valence-corrected chi connectivity index (χ3v) is 8.20. The monoisotopic (exact) mass is 744 g/mol. The summed E-state index contributed by atoms with van der Waals surface area (Å²) in [4.78, 5) is 32.2. The highest BCUT2D eigenvalue weighted by molar-refractivity contribution is 14.1. The Morgan fingerprint density at radius 1 is 1.19 bits per heavy atom. The molecule has 0 N–H and O–H groups in total. The van der Waals surface area contributed by atoms with E-state index in [9.17, 15) is 9.59 Å². The maximum atomic E-state index is 13.8. The number of rotatable bonds is 7. The van der Waals surface area contributed by atoms with Crippen molar-refractivity contribution in [1.82, 2.24) is 4.57 Å². The topological polar surface area (TPSA) is 79.1 Å². The predicted molar refractivity (Wildman–Crippen MR) is 161 cm³/mol. The summed E-state index contributed by atoms with van der Waals surface area (Å²) in [5.41, 5.74) is 2.32. The van der Waals surface area contributed by atoms with Gasteiger partial charge in [0.15, 0.2) is 4.80 Å². The number of nitrogens with zero attached hydrogens (tertiary/aromatic N) is 2. The van der Waals surface area contributed by atoms with Crippen LogP contribution in [-0.2, 0) is 9.53 Å². The predicted octanol–water partition coefficient (Wildman–Crippen LogP) is 4.80. The van der Waals surface area contributed by atoms with Crippen LogP contribution in [0.1, 0.15) is 44.9 Å². The molecule has 0 aliphatic carbocycles. The molecule has 0 amide bonds. The summed E-state index contributed by atoms with van der Waals surface area (Å²) in [6.45, 7) is 7.84. The number of ether oxygens (including phenoxy) is 3. The van der Waals surface area contributed by atoms with E-state index in [1.165, 1.54) is 11.3 Å². The number of fused-ring (bicyclic) bond motifs is 1. The minimum atomic E-state index is -0.670. The quantitative estimate of drug-likeness (QED) is 0.257. The van der Waals surface area contributed by atoms with Gasteiger partial charge in [-0.15, -0.1) is 0 Å². The van der Waals surface area contributed by atoms with Gasteiger partial charge in [0, 0.05) is 0 Å². The van der Waals surface area contributed by atoms with Crippen LogP contribution in [0.4, 0.5) is 0 Å². The van der Waals surface area contributed by atoms with E-state index in [2.05, 4.69) is 50.2 Å². The number of hydrogen-bond donors (Lipinski definition) is 0. The largest absolute Gasteiger partial charge is 0.495 e. The second-order valence-electron chi connectivity index (χ2n) is 8.56. The van der Waals surface area contributed by atoms with Crippen LogP contribution in [0.2, 0.25) is 0 Å². The molecule has 0 spiro atoms. The summed E-state index contributed by atoms with van der Waals surface area (Å²) in [7, 11) is 1.64. The van der Waals surface area contributed by atoms with Gasteiger partial charge in [-0.05, 0) is 114 Å². The van der Waals surface area contributed by atoms with Crippen LogP contribution in [0.3, 0.4) is 0 Å². The minimum absolute atomic E-state index is 0.217. The van der Waals surface area contributed by atoms with Crippen LogP contribution in [0.15, 0.2) is 57.5 Å². The van der Waals surface area contributed by atoms with Gasteiger partial charge in [0.2, 0.25) is 0 Å². The second kappa shape index (κ2) is 11.7. The number of hydrogen-bond acceptors (Lipinski definition) is 7. The third kappa shape index (κ3) is 5.80. The van der Waals surface area contributed by atoms with Crippen molar-refractivity contribution in [2.45, 2.75) is 39.8 Å². The lowest BCUT2D eigenvalue weighted by atomic mass is 9.96. The molecule has 1 aromatic heterocycles. The maximum Gasteiger partial charge on any atom is 0.338 e. The Morgan fingerprint density at radius 2 is 1.84 bits per heavy atom. The molecule has 1 aliphatic heterocycles. The molecule has 3 aromatic rings. The Labute approximate surface area is 246 Å². The van der Waals surface area contributed by atoms with E-state index in [0.717, 1.165) is 29.8 Å². The number of carbonyl (C=O) groups is 1. The highest BCUT2D eigenvalue weighted by Crippen LogP contribution is 2.32. The fourth-order valence-corrected chi connectivity index (χ4v) is 7.40. The molecule has 0 bridgehead atoms. The van der Waals surface area contributed by atoms with Gasteiger partial charge in [-0.2, -0.15) is 0 Å². The van der Waals surface area contributed by atoms with E-state index in [1.807, 2.05) is 49.4 Å². The molecular weight excluding hydrogens is 718 g/mol. The lowest BCUT2D eigenvalue weighted by Crippen LogP contribution is -2.40. The molecule has 37 heavy (non-hydrogen) atoms. The van der Waals surface area contributed by atoms with Crippen LogP contribution in [0.25, 0.3) is 6.08 Å². The van der Waals surface area contributed by atoms with Gasteiger partial charge in [-0.25, -0.2) is 9.79 Å². The summed E-state index contributed by atoms with van der Waals surface area (Å²) < 4.78 is 20.6. The van der Waals surface area contributed by atoms with Crippen molar-refractivity contribution in [3.05, 3.63) is 85.6 Å². The molecule has 0 saturated heterocycles. The Bertz CT molecular complexity index is 1530. The second-order valence-corrected chi connectivity index (χ2v) is 11.9. The van der Waals surface area contributed by atoms with E-state index in [1.54, 1.807) is 32.4 Å². The van der Waals surface area contributed by atoms with Gasteiger partial charge >= 0.3 is 5.97 Å². The molecular formula is C27H26I2N2O5S. The molecule has 1 atom stereocenters. The zero-order valence-corrected chi connectivity index (χ0v) is 26.1. The number of allylic oxidation sites excluding steroid dienone is 1. The van der Waals surface area contributed by atoms with E-state index in [0.29, 0.717) is 27.2 Å². The van der Waals surface area contributed by atoms with Gasteiger partial charge < -0.3 is 14.2 Å². The molecule has 1 aliphatic rings. The Morgan fingerprint density at radius 3 is 2.41 bits per heavy atom. The molecule has 194 valence electrons. The normalized spacial score (nSPS) is 15.5. The number of thiazole rings is 1. The van der Waals surface area contributed by atoms with Crippen molar-refractivity contribution in [1.29, 1.82) is 0 Å². The van der Waals surface area contributed by atoms with E-state index < -0.39 is 12.0 Å². The van der Waals surface area contributed by atoms with Crippen LogP contribution >= 0.6 is 56.5 Å². The number of benzene rings is 2. The van der Waals surface area contributed by atoms with Gasteiger partial charge in [-0.1, -0.05) is 23.5 Å². The zero-order valence-electron chi connectivity index (χ0n) is 21.0. The zero-order chi connectivity index (χ0) is 26.9. The first kappa shape index (κ1) is 27.8. The Kier molecular flexibility index (Phi) is 8.79. The average Bonchev–Trinajstić information content (AvgIpc) is 3.12. The highest BCUT2D eigenvalue weighted by atomic mass is 127. The lowest BCUT2D eigenvalue weighted by molar-refractivity contribution is -0.143. The van der Waals surface area contributed by atoms with Crippen LogP contribution in [-0.4, -0.2) is 30.4 Å². The van der Waals surface area contributed by atoms with Crippen molar-refractivity contribution < 1.29 is 19.0 Å². The molecule has 0 fully saturated rings. The van der Waals surface area contributed by atoms with Crippen molar-refractivity contribution in [2.75, 3.05) is 13.7 Å². The van der Waals surface area contributed by atoms with Gasteiger partial charge in [0.05, 0.1) is 48.8 Å². The molecule has 0 saturated carbocycles. The number of esters is 1. The molecule has 4 rings (SSSR count). The maximum absolute atomic E-state index is 13.8. The SMILES string of the molecule is CCOc1ccc([C@@H]2C(C(=O)OC(C)C)=C(C)N=c3s/c(=C/c4cc(I)c(OC)c(I)c4)c(=O)n32)cc1. The number of aromatic nitrogens is 1. The molecule has 2 heterocycles. The fraction of sp³-hybridized carbons (Fsp3) is 0.296. The summed E-state index contributed by atoms with van der Waals surface area (Å²) in [6.07, 6.45) is 1.55. The van der Waals surface area contributed by atoms with Crippen molar-refractivity contribution in [3.8, 4) is 11.5 Å². The Balaban J connectivity index is 1.91. The first-order valence-corrected chi connectivity index (χ1v) is 14.6. The first-order chi connectivity index (χ1) is 17.6. The highest BCUT2D eigenvalue weighted by Gasteiger charge is 2.33. The smallest absolute Gasteiger partial charge is 0.338 e. The molecule has 0 radical (unpaired) electrons. The van der Waals surface area contributed by atoms with Crippen LogP contribution in [0.5, 0.6) is 11.5 Å². The van der Waals surface area contributed by atoms with Gasteiger partial charge in [-0.3, -0.25) is 9.36 Å². The summed E-state index contributed by atoms with van der Waals surface area (Å²) in [5, 5.41) is 0. The number of carbonyl (C=O) groups excluding carboxylic acids is 1. The van der Waals surface area contributed by atoms with Crippen molar-refractivity contribution in [2.24, 2.45) is 4.99 Å². The van der Waals surface area contributed by atoms with Crippen molar-refractivity contribution >= 4 is 68.6 Å². The minimum Gasteiger partial charge on any atom is -0.495 e. The summed E-state index contributed by atoms with van der Waals surface area (Å²) in [5.74, 6) is 1.04. The van der Waals surface area contributed by atoms with Crippen LogP contribution < -0.4 is 24.4 Å². The fourth-order valence-electron chi connectivity index (χ4n) is 4.10. The van der Waals surface area contributed by atoms with Gasteiger partial charge in [0.25, 0.3) is 5.56 Å². The molecule has 2 aromatic carbocycles. The van der Waals surface area contributed by atoms with E-state index in [-0.39, 0.29) is 11.7 Å². The summed E-state index contributed by atoms with van der Waals surface area (Å²) >= 11 is 5.75. The van der Waals surface area contributed by atoms with Gasteiger partial charge in [0.1, 0.15) is 11.5 Å². The van der Waals surface area contributed by atoms with E-state index >= 15 is 0 Å².